The van der Waals surface area contributed by atoms with Gasteiger partial charge in [0.15, 0.2) is 5.96 Å². The van der Waals surface area contributed by atoms with E-state index in [9.17, 15) is 4.79 Å². The average molecular weight is 268 g/mol. The molecule has 1 amide bonds. The van der Waals surface area contributed by atoms with Crippen molar-refractivity contribution in [3.05, 3.63) is 34.9 Å². The Morgan fingerprint density at radius 2 is 2.11 bits per heavy atom. The molecule has 0 spiro atoms. The molecule has 2 N–H and O–H groups in total. The summed E-state index contributed by atoms with van der Waals surface area (Å²) in [4.78, 5) is 16.0. The van der Waals surface area contributed by atoms with Crippen LogP contribution in [0.2, 0.25) is 5.02 Å². The smallest absolute Gasteiger partial charge is 0.253 e. The van der Waals surface area contributed by atoms with Gasteiger partial charge in [0.2, 0.25) is 0 Å². The molecule has 0 radical (unpaired) electrons. The maximum Gasteiger partial charge on any atom is 0.253 e. The molecule has 0 bridgehead atoms. The van der Waals surface area contributed by atoms with E-state index in [2.05, 4.69) is 15.6 Å². The fourth-order valence-corrected chi connectivity index (χ4v) is 1.78. The second-order valence-corrected chi connectivity index (χ2v) is 4.28. The molecule has 1 aliphatic rings. The standard InChI is InChI=1S/C12H14ClN3O2/c1-18-7-6-14-12-15-10(11(17)16-12)8-2-4-9(13)5-3-8/h2-5,10H,6-7H2,1H3,(H2,14,15,16,17). The number of amides is 1. The lowest BCUT2D eigenvalue weighted by Crippen LogP contribution is -2.26. The van der Waals surface area contributed by atoms with Crippen molar-refractivity contribution in [1.82, 2.24) is 10.6 Å². The number of hydrogen-bond donors (Lipinski definition) is 2. The zero-order valence-corrected chi connectivity index (χ0v) is 10.7. The molecule has 1 heterocycles. The second-order valence-electron chi connectivity index (χ2n) is 3.84. The summed E-state index contributed by atoms with van der Waals surface area (Å²) in [6, 6.07) is 6.73. The molecule has 1 fully saturated rings. The number of halogens is 1. The molecule has 0 aliphatic carbocycles. The molecular weight excluding hydrogens is 254 g/mol. The highest BCUT2D eigenvalue weighted by Crippen LogP contribution is 2.18. The summed E-state index contributed by atoms with van der Waals surface area (Å²) in [5, 5.41) is 6.36. The number of aliphatic imine (C=N–C) groups is 1. The first-order valence-corrected chi connectivity index (χ1v) is 5.95. The Labute approximate surface area is 110 Å². The number of hydrogen-bond acceptors (Lipinski definition) is 3. The molecule has 1 aromatic carbocycles. The quantitative estimate of drug-likeness (QED) is 0.803. The lowest BCUT2D eigenvalue weighted by Gasteiger charge is -2.07. The van der Waals surface area contributed by atoms with E-state index in [0.717, 1.165) is 5.56 Å². The number of methoxy groups -OCH3 is 1. The van der Waals surface area contributed by atoms with Crippen molar-refractivity contribution in [3.8, 4) is 0 Å². The summed E-state index contributed by atoms with van der Waals surface area (Å²) in [7, 11) is 1.61. The molecule has 18 heavy (non-hydrogen) atoms. The van der Waals surface area contributed by atoms with Crippen molar-refractivity contribution in [2.45, 2.75) is 6.04 Å². The minimum absolute atomic E-state index is 0.117. The van der Waals surface area contributed by atoms with Gasteiger partial charge in [0, 0.05) is 12.1 Å². The SMILES string of the molecule is COCCN=C1NC(=O)C(c2ccc(Cl)cc2)N1. The Morgan fingerprint density at radius 3 is 2.78 bits per heavy atom. The van der Waals surface area contributed by atoms with Gasteiger partial charge in [0.1, 0.15) is 6.04 Å². The Bertz CT molecular complexity index is 459. The monoisotopic (exact) mass is 267 g/mol. The van der Waals surface area contributed by atoms with Crippen LogP contribution < -0.4 is 10.6 Å². The second kappa shape index (κ2) is 5.84. The van der Waals surface area contributed by atoms with Crippen LogP contribution in [0.4, 0.5) is 0 Å². The third-order valence-corrected chi connectivity index (χ3v) is 2.81. The number of guanidine groups is 1. The van der Waals surface area contributed by atoms with E-state index in [1.165, 1.54) is 0 Å². The first-order chi connectivity index (χ1) is 8.70. The van der Waals surface area contributed by atoms with Crippen LogP contribution in [0.1, 0.15) is 11.6 Å². The van der Waals surface area contributed by atoms with Gasteiger partial charge >= 0.3 is 0 Å². The number of carbonyl (C=O) groups excluding carboxylic acids is 1. The van der Waals surface area contributed by atoms with E-state index in [-0.39, 0.29) is 5.91 Å². The topological polar surface area (TPSA) is 62.7 Å². The molecule has 1 atom stereocenters. The fourth-order valence-electron chi connectivity index (χ4n) is 1.65. The van der Waals surface area contributed by atoms with Crippen LogP contribution in [0.15, 0.2) is 29.3 Å². The lowest BCUT2D eigenvalue weighted by molar-refractivity contribution is -0.120. The van der Waals surface area contributed by atoms with Crippen molar-refractivity contribution in [2.75, 3.05) is 20.3 Å². The Kier molecular flexibility index (Phi) is 4.17. The van der Waals surface area contributed by atoms with Crippen LogP contribution in [-0.4, -0.2) is 32.1 Å². The van der Waals surface area contributed by atoms with Crippen LogP contribution in [0.3, 0.4) is 0 Å². The summed E-state index contributed by atoms with van der Waals surface area (Å²) in [6.45, 7) is 1.03. The Hall–Kier alpha value is -1.59. The minimum Gasteiger partial charge on any atom is -0.383 e. The number of nitrogens with zero attached hydrogens (tertiary/aromatic N) is 1. The Balaban J connectivity index is 2.05. The van der Waals surface area contributed by atoms with Crippen LogP contribution in [0.5, 0.6) is 0 Å². The van der Waals surface area contributed by atoms with Crippen molar-refractivity contribution >= 4 is 23.5 Å². The molecular formula is C12H14ClN3O2. The lowest BCUT2D eigenvalue weighted by atomic mass is 10.1. The molecule has 0 saturated carbocycles. The molecule has 6 heteroatoms. The molecule has 1 unspecified atom stereocenters. The third kappa shape index (κ3) is 3.00. The van der Waals surface area contributed by atoms with E-state index in [1.807, 2.05) is 12.1 Å². The first kappa shape index (κ1) is 12.9. The van der Waals surface area contributed by atoms with Gasteiger partial charge < -0.3 is 10.1 Å². The third-order valence-electron chi connectivity index (χ3n) is 2.55. The van der Waals surface area contributed by atoms with Crippen molar-refractivity contribution in [3.63, 3.8) is 0 Å². The highest BCUT2D eigenvalue weighted by molar-refractivity contribution is 6.30. The van der Waals surface area contributed by atoms with E-state index < -0.39 is 6.04 Å². The number of benzene rings is 1. The minimum atomic E-state index is -0.413. The zero-order chi connectivity index (χ0) is 13.0. The number of carbonyl (C=O) groups is 1. The van der Waals surface area contributed by atoms with Crippen molar-refractivity contribution in [1.29, 1.82) is 0 Å². The molecule has 1 aromatic rings. The van der Waals surface area contributed by atoms with Gasteiger partial charge in [-0.2, -0.15) is 0 Å². The molecule has 96 valence electrons. The summed E-state index contributed by atoms with van der Waals surface area (Å²) >= 11 is 5.81. The molecule has 5 nitrogen and oxygen atoms in total. The zero-order valence-electron chi connectivity index (χ0n) is 9.94. The highest BCUT2D eigenvalue weighted by atomic mass is 35.5. The van der Waals surface area contributed by atoms with Crippen molar-refractivity contribution < 1.29 is 9.53 Å². The van der Waals surface area contributed by atoms with Crippen LogP contribution in [-0.2, 0) is 9.53 Å². The van der Waals surface area contributed by atoms with Gasteiger partial charge in [-0.15, -0.1) is 0 Å². The molecule has 2 rings (SSSR count). The molecule has 0 aromatic heterocycles. The summed E-state index contributed by atoms with van der Waals surface area (Å²) < 4.78 is 4.89. The van der Waals surface area contributed by atoms with E-state index in [1.54, 1.807) is 19.2 Å². The summed E-state index contributed by atoms with van der Waals surface area (Å²) in [6.07, 6.45) is 0. The summed E-state index contributed by atoms with van der Waals surface area (Å²) in [5.41, 5.74) is 0.855. The van der Waals surface area contributed by atoms with Crippen LogP contribution in [0, 0.1) is 0 Å². The van der Waals surface area contributed by atoms with E-state index in [0.29, 0.717) is 24.1 Å². The van der Waals surface area contributed by atoms with Gasteiger partial charge in [-0.1, -0.05) is 23.7 Å². The molecule has 1 saturated heterocycles. The summed E-state index contributed by atoms with van der Waals surface area (Å²) in [5.74, 6) is 0.366. The normalized spacial score (nSPS) is 20.9. The maximum atomic E-state index is 11.8. The largest absolute Gasteiger partial charge is 0.383 e. The van der Waals surface area contributed by atoms with Gasteiger partial charge in [-0.25, -0.2) is 0 Å². The van der Waals surface area contributed by atoms with E-state index in [4.69, 9.17) is 16.3 Å². The first-order valence-electron chi connectivity index (χ1n) is 5.57. The number of ether oxygens (including phenoxy) is 1. The van der Waals surface area contributed by atoms with Crippen LogP contribution in [0.25, 0.3) is 0 Å². The Morgan fingerprint density at radius 1 is 1.39 bits per heavy atom. The average Bonchev–Trinajstić information content (AvgIpc) is 2.72. The molecule has 1 aliphatic heterocycles. The van der Waals surface area contributed by atoms with Gasteiger partial charge in [-0.05, 0) is 17.7 Å². The van der Waals surface area contributed by atoms with Crippen LogP contribution >= 0.6 is 11.6 Å². The fraction of sp³-hybridized carbons (Fsp3) is 0.333. The van der Waals surface area contributed by atoms with Crippen molar-refractivity contribution in [2.24, 2.45) is 4.99 Å². The van der Waals surface area contributed by atoms with Gasteiger partial charge in [-0.3, -0.25) is 15.1 Å². The van der Waals surface area contributed by atoms with Gasteiger partial charge in [0.05, 0.1) is 13.2 Å². The number of rotatable bonds is 4. The predicted molar refractivity (Wildman–Crippen MR) is 69.6 cm³/mol. The van der Waals surface area contributed by atoms with E-state index >= 15 is 0 Å². The highest BCUT2D eigenvalue weighted by Gasteiger charge is 2.29. The van der Waals surface area contributed by atoms with Gasteiger partial charge in [0.25, 0.3) is 5.91 Å². The maximum absolute atomic E-state index is 11.8. The predicted octanol–water partition coefficient (Wildman–Crippen LogP) is 1.10. The number of nitrogens with one attached hydrogen (secondary N) is 2.